The molecule has 0 bridgehead atoms. The highest BCUT2D eigenvalue weighted by Crippen LogP contribution is 2.36. The molecule has 1 aromatic carbocycles. The van der Waals surface area contributed by atoms with E-state index in [9.17, 15) is 4.79 Å². The van der Waals surface area contributed by atoms with Crippen LogP contribution >= 0.6 is 45.9 Å². The molecule has 0 aliphatic heterocycles. The van der Waals surface area contributed by atoms with Crippen LogP contribution < -0.4 is 5.32 Å². The van der Waals surface area contributed by atoms with E-state index in [1.807, 2.05) is 5.38 Å². The lowest BCUT2D eigenvalue weighted by Crippen LogP contribution is -2.14. The van der Waals surface area contributed by atoms with Crippen molar-refractivity contribution in [2.45, 2.75) is 6.42 Å². The average molecular weight is 370 g/mol. The van der Waals surface area contributed by atoms with Gasteiger partial charge in [-0.2, -0.15) is 0 Å². The van der Waals surface area contributed by atoms with Gasteiger partial charge in [-0.1, -0.05) is 29.3 Å². The van der Waals surface area contributed by atoms with Gasteiger partial charge >= 0.3 is 0 Å². The van der Waals surface area contributed by atoms with Gasteiger partial charge in [0.25, 0.3) is 0 Å². The highest BCUT2D eigenvalue weighted by atomic mass is 35.5. The van der Waals surface area contributed by atoms with Crippen molar-refractivity contribution in [3.8, 4) is 10.6 Å². The molecule has 0 radical (unpaired) electrons. The lowest BCUT2D eigenvalue weighted by Gasteiger charge is -2.02. The molecule has 2 aromatic heterocycles. The third kappa shape index (κ3) is 3.47. The molecule has 22 heavy (non-hydrogen) atoms. The molecular formula is C14H9Cl2N3OS2. The number of benzene rings is 1. The average Bonchev–Trinajstić information content (AvgIpc) is 3.11. The molecule has 3 aromatic rings. The van der Waals surface area contributed by atoms with Gasteiger partial charge in [-0.3, -0.25) is 4.79 Å². The molecule has 1 amide bonds. The van der Waals surface area contributed by atoms with Crippen molar-refractivity contribution in [2.75, 3.05) is 5.32 Å². The summed E-state index contributed by atoms with van der Waals surface area (Å²) in [6.07, 6.45) is 1.82. The van der Waals surface area contributed by atoms with Gasteiger partial charge in [-0.15, -0.1) is 22.7 Å². The molecule has 4 nitrogen and oxygen atoms in total. The zero-order valence-electron chi connectivity index (χ0n) is 11.0. The molecule has 0 saturated heterocycles. The number of hydrogen-bond donors (Lipinski definition) is 1. The minimum Gasteiger partial charge on any atom is -0.302 e. The van der Waals surface area contributed by atoms with Gasteiger partial charge in [0, 0.05) is 22.5 Å². The fourth-order valence-electron chi connectivity index (χ4n) is 1.82. The Morgan fingerprint density at radius 2 is 2.00 bits per heavy atom. The molecule has 0 aliphatic carbocycles. The van der Waals surface area contributed by atoms with E-state index < -0.39 is 0 Å². The van der Waals surface area contributed by atoms with Gasteiger partial charge in [0.05, 0.1) is 22.2 Å². The van der Waals surface area contributed by atoms with E-state index in [2.05, 4.69) is 15.3 Å². The quantitative estimate of drug-likeness (QED) is 0.721. The lowest BCUT2D eigenvalue weighted by molar-refractivity contribution is -0.115. The van der Waals surface area contributed by atoms with Crippen LogP contribution in [0.4, 0.5) is 5.13 Å². The first kappa shape index (κ1) is 15.4. The number of rotatable bonds is 4. The lowest BCUT2D eigenvalue weighted by atomic mass is 10.2. The van der Waals surface area contributed by atoms with Crippen LogP contribution in [0.1, 0.15) is 5.69 Å². The van der Waals surface area contributed by atoms with Crippen molar-refractivity contribution in [2.24, 2.45) is 0 Å². The highest BCUT2D eigenvalue weighted by Gasteiger charge is 2.14. The van der Waals surface area contributed by atoms with Crippen molar-refractivity contribution in [3.63, 3.8) is 0 Å². The first-order valence-electron chi connectivity index (χ1n) is 6.21. The first-order chi connectivity index (χ1) is 10.6. The van der Waals surface area contributed by atoms with Crippen LogP contribution in [-0.2, 0) is 11.2 Å². The van der Waals surface area contributed by atoms with Crippen molar-refractivity contribution in [1.29, 1.82) is 0 Å². The third-order valence-corrected chi connectivity index (χ3v) is 4.98. The third-order valence-electron chi connectivity index (χ3n) is 2.75. The predicted molar refractivity (Wildman–Crippen MR) is 92.0 cm³/mol. The fourth-order valence-corrected chi connectivity index (χ4v) is 3.94. The zero-order valence-corrected chi connectivity index (χ0v) is 14.2. The molecule has 0 aliphatic rings. The Bertz CT molecular complexity index is 782. The smallest absolute Gasteiger partial charge is 0.232 e. The number of nitrogens with zero attached hydrogens (tertiary/aromatic N) is 2. The van der Waals surface area contributed by atoms with Gasteiger partial charge in [-0.25, -0.2) is 9.97 Å². The zero-order chi connectivity index (χ0) is 15.5. The second-order valence-electron chi connectivity index (χ2n) is 4.30. The van der Waals surface area contributed by atoms with Gasteiger partial charge in [-0.05, 0) is 12.1 Å². The number of amides is 1. The van der Waals surface area contributed by atoms with Crippen LogP contribution in [-0.4, -0.2) is 15.9 Å². The SMILES string of the molecule is O=C(Cc1csc(-c2c(Cl)cccc2Cl)n1)Nc1nccs1. The summed E-state index contributed by atoms with van der Waals surface area (Å²) in [5.74, 6) is -0.156. The Kier molecular flexibility index (Phi) is 4.73. The molecule has 0 atom stereocenters. The number of nitrogens with one attached hydrogen (secondary N) is 1. The Morgan fingerprint density at radius 1 is 1.23 bits per heavy atom. The maximum absolute atomic E-state index is 11.9. The summed E-state index contributed by atoms with van der Waals surface area (Å²) < 4.78 is 0. The van der Waals surface area contributed by atoms with Gasteiger partial charge < -0.3 is 5.32 Å². The van der Waals surface area contributed by atoms with E-state index in [1.165, 1.54) is 22.7 Å². The number of aromatic nitrogens is 2. The van der Waals surface area contributed by atoms with E-state index in [0.717, 1.165) is 0 Å². The minimum absolute atomic E-state index is 0.156. The van der Waals surface area contributed by atoms with Crippen LogP contribution in [0, 0.1) is 0 Å². The molecule has 3 rings (SSSR count). The maximum Gasteiger partial charge on any atom is 0.232 e. The summed E-state index contributed by atoms with van der Waals surface area (Å²) in [6, 6.07) is 5.31. The summed E-state index contributed by atoms with van der Waals surface area (Å²) in [5, 5.41) is 8.72. The van der Waals surface area contributed by atoms with Crippen LogP contribution in [0.25, 0.3) is 10.6 Å². The molecule has 1 N–H and O–H groups in total. The summed E-state index contributed by atoms with van der Waals surface area (Å²) in [5.41, 5.74) is 1.37. The first-order valence-corrected chi connectivity index (χ1v) is 8.73. The summed E-state index contributed by atoms with van der Waals surface area (Å²) in [6.45, 7) is 0. The molecular weight excluding hydrogens is 361 g/mol. The van der Waals surface area contributed by atoms with Crippen LogP contribution in [0.2, 0.25) is 10.0 Å². The molecule has 8 heteroatoms. The minimum atomic E-state index is -0.156. The second kappa shape index (κ2) is 6.75. The van der Waals surface area contributed by atoms with E-state index in [-0.39, 0.29) is 12.3 Å². The highest BCUT2D eigenvalue weighted by molar-refractivity contribution is 7.14. The number of hydrogen-bond acceptors (Lipinski definition) is 5. The molecule has 112 valence electrons. The molecule has 0 unspecified atom stereocenters. The van der Waals surface area contributed by atoms with Crippen molar-refractivity contribution in [1.82, 2.24) is 9.97 Å². The van der Waals surface area contributed by atoms with E-state index in [1.54, 1.807) is 29.8 Å². The molecule has 0 saturated carbocycles. The van der Waals surface area contributed by atoms with Crippen LogP contribution in [0.15, 0.2) is 35.2 Å². The largest absolute Gasteiger partial charge is 0.302 e. The Morgan fingerprint density at radius 3 is 2.68 bits per heavy atom. The standard InChI is InChI=1S/C14H9Cl2N3OS2/c15-9-2-1-3-10(16)12(9)13-18-8(7-22-13)6-11(20)19-14-17-4-5-21-14/h1-5,7H,6H2,(H,17,19,20). The summed E-state index contributed by atoms with van der Waals surface area (Å²) in [7, 11) is 0. The number of thiazole rings is 2. The van der Waals surface area contributed by atoms with E-state index in [4.69, 9.17) is 23.2 Å². The molecule has 0 spiro atoms. The normalized spacial score (nSPS) is 10.6. The number of carbonyl (C=O) groups is 1. The van der Waals surface area contributed by atoms with Crippen molar-refractivity contribution >= 4 is 56.9 Å². The predicted octanol–water partition coefficient (Wildman–Crippen LogP) is 4.75. The van der Waals surface area contributed by atoms with E-state index >= 15 is 0 Å². The number of halogens is 2. The Labute approximate surface area is 144 Å². The summed E-state index contributed by atoms with van der Waals surface area (Å²) >= 11 is 15.1. The topological polar surface area (TPSA) is 54.9 Å². The van der Waals surface area contributed by atoms with Gasteiger partial charge in [0.1, 0.15) is 5.01 Å². The van der Waals surface area contributed by atoms with Gasteiger partial charge in [0.2, 0.25) is 5.91 Å². The second-order valence-corrected chi connectivity index (χ2v) is 6.87. The number of anilines is 1. The monoisotopic (exact) mass is 369 g/mol. The van der Waals surface area contributed by atoms with Crippen molar-refractivity contribution in [3.05, 3.63) is 50.9 Å². The fraction of sp³-hybridized carbons (Fsp3) is 0.0714. The van der Waals surface area contributed by atoms with Crippen molar-refractivity contribution < 1.29 is 4.79 Å². The van der Waals surface area contributed by atoms with Crippen LogP contribution in [0.5, 0.6) is 0 Å². The Hall–Kier alpha value is -1.47. The molecule has 2 heterocycles. The molecule has 0 fully saturated rings. The maximum atomic E-state index is 11.9. The van der Waals surface area contributed by atoms with E-state index in [0.29, 0.717) is 31.4 Å². The summed E-state index contributed by atoms with van der Waals surface area (Å²) in [4.78, 5) is 20.4. The van der Waals surface area contributed by atoms with Crippen LogP contribution in [0.3, 0.4) is 0 Å². The Balaban J connectivity index is 1.75. The van der Waals surface area contributed by atoms with Gasteiger partial charge in [0.15, 0.2) is 5.13 Å². The number of carbonyl (C=O) groups excluding carboxylic acids is 1.